The van der Waals surface area contributed by atoms with Gasteiger partial charge < -0.3 is 10.1 Å². The lowest BCUT2D eigenvalue weighted by Gasteiger charge is -2.06. The highest BCUT2D eigenvalue weighted by atomic mass is 32.1. The average Bonchev–Trinajstić information content (AvgIpc) is 1.87. The van der Waals surface area contributed by atoms with Crippen LogP contribution in [0.3, 0.4) is 0 Å². The molecule has 0 unspecified atom stereocenters. The summed E-state index contributed by atoms with van der Waals surface area (Å²) in [5.41, 5.74) is 0. The Hall–Kier alpha value is -0.840. The van der Waals surface area contributed by atoms with Crippen molar-refractivity contribution in [3.8, 4) is 0 Å². The zero-order chi connectivity index (χ0) is 8.69. The molecule has 0 saturated carbocycles. The van der Waals surface area contributed by atoms with Gasteiger partial charge in [0, 0.05) is 6.54 Å². The molecule has 0 aliphatic rings. The van der Waals surface area contributed by atoms with Crippen LogP contribution >= 0.6 is 12.2 Å². The summed E-state index contributed by atoms with van der Waals surface area (Å²) >= 11 is 4.72. The lowest BCUT2D eigenvalue weighted by molar-refractivity contribution is 0.157. The van der Waals surface area contributed by atoms with Crippen LogP contribution in [-0.2, 0) is 4.74 Å². The minimum atomic E-state index is -0.515. The van der Waals surface area contributed by atoms with Crippen LogP contribution in [0.5, 0.6) is 0 Å². The summed E-state index contributed by atoms with van der Waals surface area (Å²) in [4.78, 5) is 10.7. The standard InChI is InChI=1S/C6H12N2O2S/c1-3-7-5(11)8-6(9)10-4-2/h3-4H2,1-2H3,(H2,7,8,9,11). The van der Waals surface area contributed by atoms with Crippen LogP contribution in [0.15, 0.2) is 0 Å². The van der Waals surface area contributed by atoms with Crippen molar-refractivity contribution < 1.29 is 9.53 Å². The molecule has 0 aliphatic heterocycles. The topological polar surface area (TPSA) is 50.4 Å². The maximum atomic E-state index is 10.7. The van der Waals surface area contributed by atoms with E-state index in [4.69, 9.17) is 12.2 Å². The van der Waals surface area contributed by atoms with Crippen molar-refractivity contribution in [1.29, 1.82) is 0 Å². The summed E-state index contributed by atoms with van der Waals surface area (Å²) in [6, 6.07) is 0. The van der Waals surface area contributed by atoms with Gasteiger partial charge in [-0.3, -0.25) is 5.32 Å². The minimum Gasteiger partial charge on any atom is -0.450 e. The quantitative estimate of drug-likeness (QED) is 0.606. The van der Waals surface area contributed by atoms with Crippen molar-refractivity contribution in [2.45, 2.75) is 13.8 Å². The lowest BCUT2D eigenvalue weighted by atomic mass is 10.7. The molecule has 1 amide bonds. The Balaban J connectivity index is 3.49. The molecule has 0 heterocycles. The summed E-state index contributed by atoms with van der Waals surface area (Å²) in [5.74, 6) is 0. The van der Waals surface area contributed by atoms with Gasteiger partial charge in [0.15, 0.2) is 5.11 Å². The fourth-order valence-corrected chi connectivity index (χ4v) is 0.692. The van der Waals surface area contributed by atoms with Gasteiger partial charge >= 0.3 is 6.09 Å². The average molecular weight is 176 g/mol. The fourth-order valence-electron chi connectivity index (χ4n) is 0.465. The normalized spacial score (nSPS) is 8.55. The van der Waals surface area contributed by atoms with Gasteiger partial charge in [-0.2, -0.15) is 0 Å². The van der Waals surface area contributed by atoms with E-state index in [2.05, 4.69) is 15.4 Å². The molecule has 2 N–H and O–H groups in total. The molecule has 0 saturated heterocycles. The van der Waals surface area contributed by atoms with Crippen LogP contribution in [0.2, 0.25) is 0 Å². The Kier molecular flexibility index (Phi) is 5.46. The molecule has 0 fully saturated rings. The number of nitrogens with one attached hydrogen (secondary N) is 2. The molecule has 0 aromatic carbocycles. The summed E-state index contributed by atoms with van der Waals surface area (Å²) in [5, 5.41) is 5.39. The number of alkyl carbamates (subject to hydrolysis) is 1. The van der Waals surface area contributed by atoms with Gasteiger partial charge in [-0.25, -0.2) is 4.79 Å². The fraction of sp³-hybridized carbons (Fsp3) is 0.667. The first-order valence-electron chi connectivity index (χ1n) is 3.42. The van der Waals surface area contributed by atoms with Gasteiger partial charge in [-0.05, 0) is 26.1 Å². The first-order valence-corrected chi connectivity index (χ1v) is 3.83. The highest BCUT2D eigenvalue weighted by molar-refractivity contribution is 7.80. The van der Waals surface area contributed by atoms with Crippen molar-refractivity contribution in [2.75, 3.05) is 13.2 Å². The third-order valence-electron chi connectivity index (χ3n) is 0.828. The zero-order valence-electron chi connectivity index (χ0n) is 6.64. The number of carbonyl (C=O) groups excluding carboxylic acids is 1. The Bertz CT molecular complexity index is 134. The molecule has 0 atom stereocenters. The molecule has 0 rings (SSSR count). The van der Waals surface area contributed by atoms with E-state index in [1.54, 1.807) is 6.92 Å². The molecule has 4 nitrogen and oxygen atoms in total. The molecule has 11 heavy (non-hydrogen) atoms. The van der Waals surface area contributed by atoms with Crippen molar-refractivity contribution in [3.05, 3.63) is 0 Å². The van der Waals surface area contributed by atoms with E-state index in [0.29, 0.717) is 18.3 Å². The van der Waals surface area contributed by atoms with E-state index in [9.17, 15) is 4.79 Å². The van der Waals surface area contributed by atoms with Crippen molar-refractivity contribution in [2.24, 2.45) is 0 Å². The second-order valence-electron chi connectivity index (χ2n) is 1.70. The van der Waals surface area contributed by atoms with Crippen LogP contribution in [0.25, 0.3) is 0 Å². The predicted octanol–water partition coefficient (Wildman–Crippen LogP) is 0.627. The van der Waals surface area contributed by atoms with Gasteiger partial charge in [0.2, 0.25) is 0 Å². The number of thiocarbonyl (C=S) groups is 1. The van der Waals surface area contributed by atoms with Crippen LogP contribution in [-0.4, -0.2) is 24.4 Å². The van der Waals surface area contributed by atoms with Crippen molar-refractivity contribution >= 4 is 23.4 Å². The molecule has 0 aromatic heterocycles. The number of hydrogen-bond acceptors (Lipinski definition) is 3. The van der Waals surface area contributed by atoms with Gasteiger partial charge in [0.1, 0.15) is 0 Å². The smallest absolute Gasteiger partial charge is 0.413 e. The Morgan fingerprint density at radius 1 is 1.55 bits per heavy atom. The second-order valence-corrected chi connectivity index (χ2v) is 2.11. The number of ether oxygens (including phenoxy) is 1. The van der Waals surface area contributed by atoms with Gasteiger partial charge in [0.25, 0.3) is 0 Å². The van der Waals surface area contributed by atoms with Crippen LogP contribution in [0.1, 0.15) is 13.8 Å². The lowest BCUT2D eigenvalue weighted by Crippen LogP contribution is -2.39. The second kappa shape index (κ2) is 5.91. The van der Waals surface area contributed by atoms with E-state index in [1.165, 1.54) is 0 Å². The molecule has 0 bridgehead atoms. The van der Waals surface area contributed by atoms with Crippen LogP contribution in [0, 0.1) is 0 Å². The molecule has 0 spiro atoms. The summed E-state index contributed by atoms with van der Waals surface area (Å²) in [7, 11) is 0. The monoisotopic (exact) mass is 176 g/mol. The largest absolute Gasteiger partial charge is 0.450 e. The van der Waals surface area contributed by atoms with Crippen LogP contribution in [0.4, 0.5) is 4.79 Å². The summed E-state index contributed by atoms with van der Waals surface area (Å²) in [6.45, 7) is 4.65. The Labute approximate surface area is 71.3 Å². The highest BCUT2D eigenvalue weighted by Crippen LogP contribution is 1.76. The maximum absolute atomic E-state index is 10.7. The molecule has 0 aliphatic carbocycles. The van der Waals surface area contributed by atoms with Gasteiger partial charge in [0.05, 0.1) is 6.61 Å². The van der Waals surface area contributed by atoms with E-state index in [1.807, 2.05) is 6.92 Å². The zero-order valence-corrected chi connectivity index (χ0v) is 7.46. The number of hydrogen-bond donors (Lipinski definition) is 2. The van der Waals surface area contributed by atoms with Gasteiger partial charge in [-0.1, -0.05) is 0 Å². The summed E-state index contributed by atoms with van der Waals surface area (Å²) < 4.78 is 4.58. The van der Waals surface area contributed by atoms with E-state index in [-0.39, 0.29) is 0 Å². The molecule has 5 heteroatoms. The van der Waals surface area contributed by atoms with Gasteiger partial charge in [-0.15, -0.1) is 0 Å². The Morgan fingerprint density at radius 2 is 2.18 bits per heavy atom. The van der Waals surface area contributed by atoms with E-state index in [0.717, 1.165) is 0 Å². The molecule has 64 valence electrons. The maximum Gasteiger partial charge on any atom is 0.413 e. The first-order chi connectivity index (χ1) is 5.20. The van der Waals surface area contributed by atoms with Crippen molar-refractivity contribution in [3.63, 3.8) is 0 Å². The predicted molar refractivity (Wildman–Crippen MR) is 46.4 cm³/mol. The third-order valence-corrected chi connectivity index (χ3v) is 1.07. The summed E-state index contributed by atoms with van der Waals surface area (Å²) in [6.07, 6.45) is -0.515. The number of amides is 1. The molecule has 0 aromatic rings. The third kappa shape index (κ3) is 5.60. The SMILES string of the molecule is CCNC(=S)NC(=O)OCC. The highest BCUT2D eigenvalue weighted by Gasteiger charge is 2.01. The number of carbonyl (C=O) groups is 1. The van der Waals surface area contributed by atoms with Crippen molar-refractivity contribution in [1.82, 2.24) is 10.6 Å². The molecular formula is C6H12N2O2S. The van der Waals surface area contributed by atoms with Crippen LogP contribution < -0.4 is 10.6 Å². The minimum absolute atomic E-state index is 0.297. The molecular weight excluding hydrogens is 164 g/mol. The number of rotatable bonds is 2. The molecule has 0 radical (unpaired) electrons. The first kappa shape index (κ1) is 10.2. The van der Waals surface area contributed by atoms with E-state index < -0.39 is 6.09 Å². The Morgan fingerprint density at radius 3 is 2.64 bits per heavy atom. The van der Waals surface area contributed by atoms with E-state index >= 15 is 0 Å².